The van der Waals surface area contributed by atoms with Crippen LogP contribution >= 0.6 is 12.2 Å². The molecule has 0 bridgehead atoms. The summed E-state index contributed by atoms with van der Waals surface area (Å²) < 4.78 is 5.36. The molecule has 0 unspecified atom stereocenters. The first-order valence-corrected chi connectivity index (χ1v) is 6.80. The number of H-pyrrole nitrogens is 1. The average molecular weight is 273 g/mol. The van der Waals surface area contributed by atoms with E-state index in [2.05, 4.69) is 39.2 Å². The van der Waals surface area contributed by atoms with Crippen molar-refractivity contribution in [3.05, 3.63) is 34.6 Å². The Bertz CT molecular complexity index is 632. The minimum Gasteiger partial charge on any atom is -0.468 e. The first kappa shape index (κ1) is 12.3. The van der Waals surface area contributed by atoms with Gasteiger partial charge in [-0.05, 0) is 36.5 Å². The molecule has 1 aromatic carbocycles. The number of methoxy groups -OCH3 is 1. The fourth-order valence-corrected chi connectivity index (χ4v) is 2.43. The van der Waals surface area contributed by atoms with Gasteiger partial charge in [-0.1, -0.05) is 30.7 Å². The molecule has 3 rings (SSSR count). The van der Waals surface area contributed by atoms with E-state index in [1.54, 1.807) is 7.11 Å². The van der Waals surface area contributed by atoms with Crippen molar-refractivity contribution < 1.29 is 4.74 Å². The zero-order valence-corrected chi connectivity index (χ0v) is 11.5. The molecule has 5 heteroatoms. The van der Waals surface area contributed by atoms with Gasteiger partial charge in [0, 0.05) is 5.56 Å². The molecule has 0 spiro atoms. The zero-order chi connectivity index (χ0) is 13.2. The summed E-state index contributed by atoms with van der Waals surface area (Å²) in [5.41, 5.74) is 2.41. The molecule has 1 aromatic heterocycles. The van der Waals surface area contributed by atoms with Crippen molar-refractivity contribution in [3.8, 4) is 17.4 Å². The molecule has 2 aromatic rings. The summed E-state index contributed by atoms with van der Waals surface area (Å²) in [4.78, 5) is 11.2. The molecule has 0 saturated heterocycles. The number of aromatic nitrogens is 3. The van der Waals surface area contributed by atoms with Crippen LogP contribution < -0.4 is 4.74 Å². The topological polar surface area (TPSA) is 50.8 Å². The van der Waals surface area contributed by atoms with E-state index < -0.39 is 0 Å². The van der Waals surface area contributed by atoms with Crippen LogP contribution in [0.1, 0.15) is 30.7 Å². The summed E-state index contributed by atoms with van der Waals surface area (Å²) in [5, 5.41) is 0. The van der Waals surface area contributed by atoms with Crippen molar-refractivity contribution in [2.75, 3.05) is 7.11 Å². The quantitative estimate of drug-likeness (QED) is 0.870. The van der Waals surface area contributed by atoms with E-state index in [4.69, 9.17) is 17.0 Å². The van der Waals surface area contributed by atoms with Gasteiger partial charge in [-0.2, -0.15) is 4.98 Å². The van der Waals surface area contributed by atoms with Crippen molar-refractivity contribution >= 4 is 12.2 Å². The molecule has 1 aliphatic carbocycles. The Morgan fingerprint density at radius 2 is 1.95 bits per heavy atom. The maximum Gasteiger partial charge on any atom is 0.297 e. The lowest BCUT2D eigenvalue weighted by Crippen LogP contribution is -2.08. The third-order valence-electron chi connectivity index (χ3n) is 3.58. The molecule has 0 atom stereocenters. The van der Waals surface area contributed by atoms with Gasteiger partial charge in [0.2, 0.25) is 4.77 Å². The van der Waals surface area contributed by atoms with Gasteiger partial charge in [-0.25, -0.2) is 4.98 Å². The van der Waals surface area contributed by atoms with E-state index in [0.29, 0.717) is 11.8 Å². The van der Waals surface area contributed by atoms with Crippen LogP contribution in [0.5, 0.6) is 6.01 Å². The second-order valence-electron chi connectivity index (χ2n) is 4.74. The number of nitrogens with zero attached hydrogens (tertiary/aromatic N) is 2. The third kappa shape index (κ3) is 2.51. The smallest absolute Gasteiger partial charge is 0.297 e. The van der Waals surface area contributed by atoms with Crippen LogP contribution in [0, 0.1) is 4.77 Å². The number of benzene rings is 1. The summed E-state index contributed by atoms with van der Waals surface area (Å²) in [6.07, 6.45) is 3.97. The highest BCUT2D eigenvalue weighted by atomic mass is 32.1. The van der Waals surface area contributed by atoms with Crippen LogP contribution in [0.2, 0.25) is 0 Å². The van der Waals surface area contributed by atoms with Gasteiger partial charge in [0.05, 0.1) is 7.11 Å². The number of rotatable bonds is 3. The summed E-state index contributed by atoms with van der Waals surface area (Å²) >= 11 is 5.03. The summed E-state index contributed by atoms with van der Waals surface area (Å²) in [7, 11) is 1.55. The highest BCUT2D eigenvalue weighted by Gasteiger charge is 2.19. The molecule has 19 heavy (non-hydrogen) atoms. The Kier molecular flexibility index (Phi) is 3.29. The first-order chi connectivity index (χ1) is 9.26. The van der Waals surface area contributed by atoms with Crippen LogP contribution in [-0.2, 0) is 0 Å². The SMILES string of the molecule is COc1nc(=S)nc(-c2ccc(C3CCC3)cc2)[nH]1. The van der Waals surface area contributed by atoms with Crippen LogP contribution in [0.3, 0.4) is 0 Å². The van der Waals surface area contributed by atoms with Crippen LogP contribution in [0.4, 0.5) is 0 Å². The molecule has 4 nitrogen and oxygen atoms in total. The number of ether oxygens (including phenoxy) is 1. The Morgan fingerprint density at radius 3 is 2.53 bits per heavy atom. The van der Waals surface area contributed by atoms with Gasteiger partial charge in [-0.3, -0.25) is 4.98 Å². The van der Waals surface area contributed by atoms with Crippen LogP contribution in [0.15, 0.2) is 24.3 Å². The summed E-state index contributed by atoms with van der Waals surface area (Å²) in [6, 6.07) is 8.87. The highest BCUT2D eigenvalue weighted by Crippen LogP contribution is 2.36. The van der Waals surface area contributed by atoms with Crippen molar-refractivity contribution in [2.24, 2.45) is 0 Å². The van der Waals surface area contributed by atoms with E-state index in [1.807, 2.05) is 0 Å². The standard InChI is InChI=1S/C14H15N3OS/c1-18-13-15-12(16-14(19)17-13)11-7-5-10(6-8-11)9-3-2-4-9/h5-9H,2-4H2,1H3,(H,15,16,17,19). The lowest BCUT2D eigenvalue weighted by atomic mass is 9.80. The van der Waals surface area contributed by atoms with Crippen LogP contribution in [0.25, 0.3) is 11.4 Å². The number of nitrogens with one attached hydrogen (secondary N) is 1. The Labute approximate surface area is 116 Å². The fraction of sp³-hybridized carbons (Fsp3) is 0.357. The molecule has 1 N–H and O–H groups in total. The maximum atomic E-state index is 5.07. The minimum absolute atomic E-state index is 0.286. The second-order valence-corrected chi connectivity index (χ2v) is 5.10. The van der Waals surface area contributed by atoms with Gasteiger partial charge in [-0.15, -0.1) is 0 Å². The van der Waals surface area contributed by atoms with E-state index >= 15 is 0 Å². The largest absolute Gasteiger partial charge is 0.468 e. The van der Waals surface area contributed by atoms with E-state index in [-0.39, 0.29) is 4.77 Å². The van der Waals surface area contributed by atoms with Crippen molar-refractivity contribution in [2.45, 2.75) is 25.2 Å². The average Bonchev–Trinajstić information content (AvgIpc) is 2.37. The Balaban J connectivity index is 1.93. The van der Waals surface area contributed by atoms with Gasteiger partial charge in [0.25, 0.3) is 6.01 Å². The molecule has 0 aliphatic heterocycles. The Morgan fingerprint density at radius 1 is 1.21 bits per heavy atom. The Hall–Kier alpha value is -1.75. The van der Waals surface area contributed by atoms with E-state index in [0.717, 1.165) is 11.5 Å². The number of aromatic amines is 1. The van der Waals surface area contributed by atoms with Gasteiger partial charge in [0.15, 0.2) is 0 Å². The molecule has 1 saturated carbocycles. The van der Waals surface area contributed by atoms with E-state index in [1.165, 1.54) is 24.8 Å². The van der Waals surface area contributed by atoms with Gasteiger partial charge < -0.3 is 4.74 Å². The number of hydrogen-bond donors (Lipinski definition) is 1. The lowest BCUT2D eigenvalue weighted by molar-refractivity contribution is 0.378. The maximum absolute atomic E-state index is 5.07. The van der Waals surface area contributed by atoms with Crippen molar-refractivity contribution in [3.63, 3.8) is 0 Å². The van der Waals surface area contributed by atoms with Gasteiger partial charge >= 0.3 is 0 Å². The predicted molar refractivity (Wildman–Crippen MR) is 75.8 cm³/mol. The molecular weight excluding hydrogens is 258 g/mol. The third-order valence-corrected chi connectivity index (χ3v) is 3.77. The predicted octanol–water partition coefficient (Wildman–Crippen LogP) is 3.48. The van der Waals surface area contributed by atoms with Crippen molar-refractivity contribution in [1.29, 1.82) is 0 Å². The molecule has 0 radical (unpaired) electrons. The first-order valence-electron chi connectivity index (χ1n) is 6.39. The second kappa shape index (κ2) is 5.09. The molecule has 98 valence electrons. The molecule has 1 heterocycles. The van der Waals surface area contributed by atoms with Crippen molar-refractivity contribution in [1.82, 2.24) is 15.0 Å². The molecule has 0 amide bonds. The van der Waals surface area contributed by atoms with E-state index in [9.17, 15) is 0 Å². The normalized spacial score (nSPS) is 15.0. The highest BCUT2D eigenvalue weighted by molar-refractivity contribution is 7.71. The monoisotopic (exact) mass is 273 g/mol. The van der Waals surface area contributed by atoms with Crippen LogP contribution in [-0.4, -0.2) is 22.1 Å². The fourth-order valence-electron chi connectivity index (χ4n) is 2.25. The minimum atomic E-state index is 0.286. The summed E-state index contributed by atoms with van der Waals surface area (Å²) in [5.74, 6) is 1.43. The molecule has 1 aliphatic rings. The summed E-state index contributed by atoms with van der Waals surface area (Å²) in [6.45, 7) is 0. The molecular formula is C14H15N3OS. The number of hydrogen-bond acceptors (Lipinski definition) is 4. The molecule has 1 fully saturated rings. The van der Waals surface area contributed by atoms with Gasteiger partial charge in [0.1, 0.15) is 5.82 Å². The lowest BCUT2D eigenvalue weighted by Gasteiger charge is -2.25. The zero-order valence-electron chi connectivity index (χ0n) is 10.7.